The van der Waals surface area contributed by atoms with Crippen molar-refractivity contribution in [3.63, 3.8) is 0 Å². The van der Waals surface area contributed by atoms with Crippen LogP contribution in [0.4, 0.5) is 13.2 Å². The third-order valence-electron chi connectivity index (χ3n) is 5.75. The summed E-state index contributed by atoms with van der Waals surface area (Å²) < 4.78 is 44.8. The van der Waals surface area contributed by atoms with Crippen molar-refractivity contribution < 1.29 is 32.6 Å². The van der Waals surface area contributed by atoms with Crippen LogP contribution in [-0.4, -0.2) is 42.2 Å². The highest BCUT2D eigenvalue weighted by Gasteiger charge is 2.45. The summed E-state index contributed by atoms with van der Waals surface area (Å²) in [7, 11) is 1.42. The number of aliphatic hydroxyl groups excluding tert-OH is 1. The van der Waals surface area contributed by atoms with E-state index in [1.807, 2.05) is 0 Å². The van der Waals surface area contributed by atoms with Crippen LogP contribution >= 0.6 is 11.6 Å². The summed E-state index contributed by atoms with van der Waals surface area (Å²) >= 11 is 5.98. The number of carbonyl (C=O) groups excluding carboxylic acids is 2. The predicted octanol–water partition coefficient (Wildman–Crippen LogP) is 4.23. The van der Waals surface area contributed by atoms with Crippen molar-refractivity contribution in [2.24, 2.45) is 17.6 Å². The highest BCUT2D eigenvalue weighted by Crippen LogP contribution is 2.33. The average molecular weight is 515 g/mol. The molecule has 10 heteroatoms. The molecule has 0 saturated heterocycles. The number of rotatable bonds is 11. The summed E-state index contributed by atoms with van der Waals surface area (Å²) in [5.41, 5.74) is 7.08. The molecular formula is C25H30ClF3N2O4. The van der Waals surface area contributed by atoms with Crippen molar-refractivity contribution in [1.82, 2.24) is 5.32 Å². The first-order chi connectivity index (χ1) is 16.3. The molecule has 0 aliphatic heterocycles. The van der Waals surface area contributed by atoms with Gasteiger partial charge in [-0.05, 0) is 47.7 Å². The van der Waals surface area contributed by atoms with Gasteiger partial charge in [0.25, 0.3) is 0 Å². The van der Waals surface area contributed by atoms with E-state index >= 15 is 0 Å². The number of ketones is 1. The maximum Gasteiger partial charge on any atom is 0.414 e. The molecule has 35 heavy (non-hydrogen) atoms. The van der Waals surface area contributed by atoms with E-state index in [9.17, 15) is 27.9 Å². The van der Waals surface area contributed by atoms with Crippen LogP contribution in [0.2, 0.25) is 5.02 Å². The van der Waals surface area contributed by atoms with E-state index in [0.29, 0.717) is 21.9 Å². The maximum atomic E-state index is 13.3. The normalized spacial score (nSPS) is 15.3. The van der Waals surface area contributed by atoms with E-state index in [1.54, 1.807) is 42.5 Å². The van der Waals surface area contributed by atoms with Gasteiger partial charge >= 0.3 is 6.18 Å². The van der Waals surface area contributed by atoms with Gasteiger partial charge in [0.2, 0.25) is 5.91 Å². The van der Waals surface area contributed by atoms with Crippen molar-refractivity contribution in [3.05, 3.63) is 64.7 Å². The third kappa shape index (κ3) is 8.23. The highest BCUT2D eigenvalue weighted by molar-refractivity contribution is 6.30. The van der Waals surface area contributed by atoms with Gasteiger partial charge in [-0.3, -0.25) is 9.59 Å². The standard InChI is InChI=1S/C25H30ClF3N2O4/c1-14(2)19(23(33)25(27,28)29)13-21(32)22(16-7-5-9-18(12-16)35-3)31-24(34)20(30)11-15-6-4-8-17(26)10-15/h4-10,12,14,19-20,22-23,33H,11,13,30H2,1-3H3,(H,31,34)/t19-,20-,22-,23-/m0/s1. The Morgan fingerprint density at radius 2 is 1.80 bits per heavy atom. The quantitative estimate of drug-likeness (QED) is 0.416. The minimum Gasteiger partial charge on any atom is -0.497 e. The lowest BCUT2D eigenvalue weighted by atomic mass is 9.83. The minimum atomic E-state index is -4.89. The number of Topliss-reactive ketones (excluding diaryl/α,β-unsaturated/α-hetero) is 1. The Balaban J connectivity index is 2.30. The Morgan fingerprint density at radius 3 is 2.37 bits per heavy atom. The van der Waals surface area contributed by atoms with Gasteiger partial charge in [-0.1, -0.05) is 49.7 Å². The zero-order valence-electron chi connectivity index (χ0n) is 19.7. The Hall–Kier alpha value is -2.62. The highest BCUT2D eigenvalue weighted by atomic mass is 35.5. The lowest BCUT2D eigenvalue weighted by Crippen LogP contribution is -2.46. The van der Waals surface area contributed by atoms with Crippen molar-refractivity contribution in [2.75, 3.05) is 7.11 Å². The molecule has 2 rings (SSSR count). The zero-order chi connectivity index (χ0) is 26.3. The number of alkyl halides is 3. The van der Waals surface area contributed by atoms with Crippen LogP contribution in [0.15, 0.2) is 48.5 Å². The smallest absolute Gasteiger partial charge is 0.414 e. The summed E-state index contributed by atoms with van der Waals surface area (Å²) in [6.45, 7) is 2.99. The molecular weight excluding hydrogens is 485 g/mol. The molecule has 0 spiro atoms. The number of hydrogen-bond acceptors (Lipinski definition) is 5. The van der Waals surface area contributed by atoms with Crippen molar-refractivity contribution in [2.45, 2.75) is 51.1 Å². The number of benzene rings is 2. The molecule has 192 valence electrons. The molecule has 2 aromatic carbocycles. The number of carbonyl (C=O) groups is 2. The lowest BCUT2D eigenvalue weighted by Gasteiger charge is -2.29. The molecule has 0 aliphatic rings. The van der Waals surface area contributed by atoms with Gasteiger partial charge in [-0.2, -0.15) is 13.2 Å². The van der Waals surface area contributed by atoms with E-state index in [0.717, 1.165) is 0 Å². The van der Waals surface area contributed by atoms with Crippen molar-refractivity contribution >= 4 is 23.3 Å². The number of nitrogens with one attached hydrogen (secondary N) is 1. The zero-order valence-corrected chi connectivity index (χ0v) is 20.4. The first-order valence-electron chi connectivity index (χ1n) is 11.0. The van der Waals surface area contributed by atoms with E-state index in [4.69, 9.17) is 22.1 Å². The molecule has 1 amide bonds. The number of aliphatic hydroxyl groups is 1. The van der Waals surface area contributed by atoms with Crippen LogP contribution < -0.4 is 15.8 Å². The fourth-order valence-corrected chi connectivity index (χ4v) is 3.95. The second-order valence-corrected chi connectivity index (χ2v) is 9.16. The molecule has 0 aromatic heterocycles. The van der Waals surface area contributed by atoms with Crippen molar-refractivity contribution in [3.8, 4) is 5.75 Å². The Bertz CT molecular complexity index is 1020. The Morgan fingerprint density at radius 1 is 1.14 bits per heavy atom. The van der Waals surface area contributed by atoms with E-state index in [2.05, 4.69) is 5.32 Å². The first kappa shape index (κ1) is 28.6. The maximum absolute atomic E-state index is 13.3. The van der Waals surface area contributed by atoms with Gasteiger partial charge < -0.3 is 20.9 Å². The van der Waals surface area contributed by atoms with Crippen molar-refractivity contribution in [1.29, 1.82) is 0 Å². The molecule has 0 radical (unpaired) electrons. The Kier molecular flexibility index (Phi) is 10.1. The molecule has 0 aliphatic carbocycles. The summed E-state index contributed by atoms with van der Waals surface area (Å²) in [5, 5.41) is 12.9. The Labute approximate surface area is 207 Å². The average Bonchev–Trinajstić information content (AvgIpc) is 2.79. The first-order valence-corrected chi connectivity index (χ1v) is 11.4. The van der Waals surface area contributed by atoms with Crippen LogP contribution in [0.5, 0.6) is 5.75 Å². The summed E-state index contributed by atoms with van der Waals surface area (Å²) in [5.74, 6) is -3.00. The third-order valence-corrected chi connectivity index (χ3v) is 5.99. The fraction of sp³-hybridized carbons (Fsp3) is 0.440. The number of methoxy groups -OCH3 is 1. The SMILES string of the molecule is COc1cccc([C@H](NC(=O)[C@@H](N)Cc2cccc(Cl)c2)C(=O)C[C@@H](C(C)C)[C@H](O)C(F)(F)F)c1. The largest absolute Gasteiger partial charge is 0.497 e. The second-order valence-electron chi connectivity index (χ2n) is 8.72. The molecule has 0 saturated carbocycles. The van der Waals surface area contributed by atoms with Gasteiger partial charge in [-0.15, -0.1) is 0 Å². The topological polar surface area (TPSA) is 102 Å². The van der Waals surface area contributed by atoms with E-state index in [1.165, 1.54) is 27.0 Å². The fourth-order valence-electron chi connectivity index (χ4n) is 3.74. The summed E-state index contributed by atoms with van der Waals surface area (Å²) in [6.07, 6.45) is -8.04. The molecule has 0 unspecified atom stereocenters. The summed E-state index contributed by atoms with van der Waals surface area (Å²) in [6, 6.07) is 10.7. The molecule has 0 heterocycles. The lowest BCUT2D eigenvalue weighted by molar-refractivity contribution is -0.224. The van der Waals surface area contributed by atoms with Crippen LogP contribution in [0.25, 0.3) is 0 Å². The van der Waals surface area contributed by atoms with Gasteiger partial charge in [0.1, 0.15) is 11.8 Å². The number of amides is 1. The predicted molar refractivity (Wildman–Crippen MR) is 127 cm³/mol. The number of hydrogen-bond donors (Lipinski definition) is 3. The van der Waals surface area contributed by atoms with Crippen LogP contribution in [-0.2, 0) is 16.0 Å². The molecule has 0 fully saturated rings. The van der Waals surface area contributed by atoms with Gasteiger partial charge in [0.05, 0.1) is 13.2 Å². The van der Waals surface area contributed by atoms with Gasteiger partial charge in [0, 0.05) is 17.4 Å². The van der Waals surface area contributed by atoms with Gasteiger partial charge in [-0.25, -0.2) is 0 Å². The number of nitrogens with two attached hydrogens (primary N) is 1. The van der Waals surface area contributed by atoms with Gasteiger partial charge in [0.15, 0.2) is 11.9 Å². The number of halogens is 4. The monoisotopic (exact) mass is 514 g/mol. The minimum absolute atomic E-state index is 0.132. The summed E-state index contributed by atoms with van der Waals surface area (Å²) in [4.78, 5) is 26.2. The van der Waals surface area contributed by atoms with Crippen LogP contribution in [0, 0.1) is 11.8 Å². The second kappa shape index (κ2) is 12.4. The van der Waals surface area contributed by atoms with Crippen LogP contribution in [0.3, 0.4) is 0 Å². The molecule has 2 aromatic rings. The molecule has 0 bridgehead atoms. The number of ether oxygens (including phenoxy) is 1. The molecule has 4 atom stereocenters. The van der Waals surface area contributed by atoms with E-state index < -0.39 is 54.3 Å². The molecule has 6 nitrogen and oxygen atoms in total. The van der Waals surface area contributed by atoms with E-state index in [-0.39, 0.29) is 6.42 Å². The molecule has 4 N–H and O–H groups in total. The van der Waals surface area contributed by atoms with Crippen LogP contribution in [0.1, 0.15) is 37.4 Å².